The van der Waals surface area contributed by atoms with E-state index >= 15 is 0 Å². The van der Waals surface area contributed by atoms with E-state index in [1.54, 1.807) is 11.3 Å². The van der Waals surface area contributed by atoms with Gasteiger partial charge in [-0.05, 0) is 44.0 Å². The molecule has 0 saturated carbocycles. The summed E-state index contributed by atoms with van der Waals surface area (Å²) >= 11 is 7.61. The number of thiophene rings is 1. The van der Waals surface area contributed by atoms with Crippen molar-refractivity contribution in [1.29, 1.82) is 0 Å². The van der Waals surface area contributed by atoms with Crippen molar-refractivity contribution < 1.29 is 0 Å². The molecule has 0 aromatic carbocycles. The quantitative estimate of drug-likeness (QED) is 0.737. The van der Waals surface area contributed by atoms with Gasteiger partial charge in [0.05, 0.1) is 4.34 Å². The maximum absolute atomic E-state index is 5.88. The van der Waals surface area contributed by atoms with E-state index in [1.807, 2.05) is 6.07 Å². The zero-order valence-electron chi connectivity index (χ0n) is 6.85. The van der Waals surface area contributed by atoms with Crippen LogP contribution in [0.1, 0.15) is 23.6 Å². The Morgan fingerprint density at radius 1 is 1.33 bits per heavy atom. The van der Waals surface area contributed by atoms with Gasteiger partial charge in [-0.1, -0.05) is 11.6 Å². The fourth-order valence-corrected chi connectivity index (χ4v) is 2.88. The summed E-state index contributed by atoms with van der Waals surface area (Å²) in [7, 11) is 0. The minimum atomic E-state index is 0.753. The molecule has 0 bridgehead atoms. The molecule has 2 heterocycles. The van der Waals surface area contributed by atoms with Crippen molar-refractivity contribution in [1.82, 2.24) is 5.32 Å². The lowest BCUT2D eigenvalue weighted by molar-refractivity contribution is 0.465. The Morgan fingerprint density at radius 3 is 2.67 bits per heavy atom. The molecule has 0 atom stereocenters. The number of hydrogen-bond acceptors (Lipinski definition) is 2. The summed E-state index contributed by atoms with van der Waals surface area (Å²) in [4.78, 5) is 1.46. The molecular weight excluding hydrogens is 190 g/mol. The second-order valence-electron chi connectivity index (χ2n) is 3.17. The van der Waals surface area contributed by atoms with Gasteiger partial charge in [-0.2, -0.15) is 0 Å². The molecular formula is C9H12ClNS. The van der Waals surface area contributed by atoms with Gasteiger partial charge in [0.15, 0.2) is 0 Å². The number of hydrogen-bond donors (Lipinski definition) is 1. The van der Waals surface area contributed by atoms with Gasteiger partial charge in [0.25, 0.3) is 0 Å². The van der Waals surface area contributed by atoms with Crippen LogP contribution in [0.3, 0.4) is 0 Å². The fourth-order valence-electron chi connectivity index (χ4n) is 1.65. The van der Waals surface area contributed by atoms with Crippen LogP contribution >= 0.6 is 22.9 Å². The number of nitrogens with one attached hydrogen (secondary N) is 1. The molecule has 0 radical (unpaired) electrons. The highest BCUT2D eigenvalue weighted by Crippen LogP contribution is 2.32. The Kier molecular flexibility index (Phi) is 2.69. The molecule has 1 saturated heterocycles. The molecule has 0 amide bonds. The summed E-state index contributed by atoms with van der Waals surface area (Å²) in [6, 6.07) is 4.17. The van der Waals surface area contributed by atoms with Crippen molar-refractivity contribution in [3.63, 3.8) is 0 Å². The van der Waals surface area contributed by atoms with Crippen LogP contribution in [0.2, 0.25) is 4.34 Å². The van der Waals surface area contributed by atoms with E-state index in [1.165, 1.54) is 17.7 Å². The normalized spacial score (nSPS) is 19.8. The molecule has 1 aliphatic heterocycles. The Balaban J connectivity index is 2.08. The molecule has 0 unspecified atom stereocenters. The predicted molar refractivity (Wildman–Crippen MR) is 54.2 cm³/mol. The average Bonchev–Trinajstić information content (AvgIpc) is 2.54. The van der Waals surface area contributed by atoms with Crippen LogP contribution in [0.5, 0.6) is 0 Å². The van der Waals surface area contributed by atoms with Crippen molar-refractivity contribution in [2.24, 2.45) is 0 Å². The zero-order chi connectivity index (χ0) is 8.39. The highest BCUT2D eigenvalue weighted by molar-refractivity contribution is 7.16. The van der Waals surface area contributed by atoms with Crippen molar-refractivity contribution >= 4 is 22.9 Å². The van der Waals surface area contributed by atoms with E-state index in [4.69, 9.17) is 11.6 Å². The largest absolute Gasteiger partial charge is 0.317 e. The maximum atomic E-state index is 5.88. The monoisotopic (exact) mass is 201 g/mol. The summed E-state index contributed by atoms with van der Waals surface area (Å²) in [6.07, 6.45) is 2.52. The molecule has 1 N–H and O–H groups in total. The predicted octanol–water partition coefficient (Wildman–Crippen LogP) is 2.87. The summed E-state index contributed by atoms with van der Waals surface area (Å²) < 4.78 is 0.920. The zero-order valence-corrected chi connectivity index (χ0v) is 8.42. The Morgan fingerprint density at radius 2 is 2.08 bits per heavy atom. The molecule has 1 aromatic rings. The lowest BCUT2D eigenvalue weighted by Gasteiger charge is -2.21. The topological polar surface area (TPSA) is 12.0 Å². The van der Waals surface area contributed by atoms with E-state index in [9.17, 15) is 0 Å². The van der Waals surface area contributed by atoms with Gasteiger partial charge in [0.2, 0.25) is 0 Å². The minimum absolute atomic E-state index is 0.753. The molecule has 0 aliphatic carbocycles. The Hall–Kier alpha value is -0.0500. The molecule has 66 valence electrons. The number of rotatable bonds is 1. The van der Waals surface area contributed by atoms with E-state index in [-0.39, 0.29) is 0 Å². The van der Waals surface area contributed by atoms with Crippen molar-refractivity contribution in [3.8, 4) is 0 Å². The fraction of sp³-hybridized carbons (Fsp3) is 0.556. The van der Waals surface area contributed by atoms with Crippen LogP contribution < -0.4 is 5.32 Å². The van der Waals surface area contributed by atoms with E-state index in [2.05, 4.69) is 11.4 Å². The van der Waals surface area contributed by atoms with Crippen molar-refractivity contribution in [3.05, 3.63) is 21.3 Å². The first-order valence-corrected chi connectivity index (χ1v) is 5.51. The average molecular weight is 202 g/mol. The maximum Gasteiger partial charge on any atom is 0.0931 e. The SMILES string of the molecule is Clc1ccc(C2CCNCC2)s1. The smallest absolute Gasteiger partial charge is 0.0931 e. The van der Waals surface area contributed by atoms with Gasteiger partial charge in [-0.25, -0.2) is 0 Å². The lowest BCUT2D eigenvalue weighted by Crippen LogP contribution is -2.26. The molecule has 0 spiro atoms. The highest BCUT2D eigenvalue weighted by Gasteiger charge is 2.16. The summed E-state index contributed by atoms with van der Waals surface area (Å²) in [5.41, 5.74) is 0. The first kappa shape index (κ1) is 8.54. The number of halogens is 1. The molecule has 1 aromatic heterocycles. The van der Waals surface area contributed by atoms with Crippen LogP contribution in [0.15, 0.2) is 12.1 Å². The molecule has 1 fully saturated rings. The van der Waals surface area contributed by atoms with E-state index in [0.717, 1.165) is 23.3 Å². The van der Waals surface area contributed by atoms with E-state index < -0.39 is 0 Å². The van der Waals surface area contributed by atoms with Gasteiger partial charge in [-0.3, -0.25) is 0 Å². The van der Waals surface area contributed by atoms with E-state index in [0.29, 0.717) is 0 Å². The summed E-state index contributed by atoms with van der Waals surface area (Å²) in [6.45, 7) is 2.31. The van der Waals surface area contributed by atoms with Crippen LogP contribution in [-0.2, 0) is 0 Å². The Labute approximate surface area is 81.7 Å². The third-order valence-electron chi connectivity index (χ3n) is 2.34. The molecule has 1 aliphatic rings. The van der Waals surface area contributed by atoms with Crippen LogP contribution in [0.4, 0.5) is 0 Å². The standard InChI is InChI=1S/C9H12ClNS/c10-9-2-1-8(12-9)7-3-5-11-6-4-7/h1-2,7,11H,3-6H2. The summed E-state index contributed by atoms with van der Waals surface area (Å²) in [5, 5.41) is 3.36. The molecule has 12 heavy (non-hydrogen) atoms. The minimum Gasteiger partial charge on any atom is -0.317 e. The third-order valence-corrected chi connectivity index (χ3v) is 3.73. The van der Waals surface area contributed by atoms with Crippen LogP contribution in [0, 0.1) is 0 Å². The second-order valence-corrected chi connectivity index (χ2v) is 4.91. The Bertz CT molecular complexity index is 253. The van der Waals surface area contributed by atoms with Gasteiger partial charge in [0, 0.05) is 4.88 Å². The van der Waals surface area contributed by atoms with Crippen LogP contribution in [-0.4, -0.2) is 13.1 Å². The van der Waals surface area contributed by atoms with Crippen molar-refractivity contribution in [2.45, 2.75) is 18.8 Å². The van der Waals surface area contributed by atoms with Gasteiger partial charge in [0.1, 0.15) is 0 Å². The summed E-state index contributed by atoms with van der Waals surface area (Å²) in [5.74, 6) is 0.753. The van der Waals surface area contributed by atoms with Gasteiger partial charge in [-0.15, -0.1) is 11.3 Å². The first-order chi connectivity index (χ1) is 5.86. The number of piperidine rings is 1. The molecule has 1 nitrogen and oxygen atoms in total. The van der Waals surface area contributed by atoms with Gasteiger partial charge >= 0.3 is 0 Å². The van der Waals surface area contributed by atoms with Crippen LogP contribution in [0.25, 0.3) is 0 Å². The van der Waals surface area contributed by atoms with Crippen molar-refractivity contribution in [2.75, 3.05) is 13.1 Å². The molecule has 3 heteroatoms. The lowest BCUT2D eigenvalue weighted by atomic mass is 9.97. The first-order valence-electron chi connectivity index (χ1n) is 4.32. The second kappa shape index (κ2) is 3.77. The highest BCUT2D eigenvalue weighted by atomic mass is 35.5. The van der Waals surface area contributed by atoms with Gasteiger partial charge < -0.3 is 5.32 Å². The molecule has 2 rings (SSSR count). The third kappa shape index (κ3) is 1.82.